The van der Waals surface area contributed by atoms with Gasteiger partial charge < -0.3 is 9.84 Å². The van der Waals surface area contributed by atoms with E-state index in [1.54, 1.807) is 12.1 Å². The predicted molar refractivity (Wildman–Crippen MR) is 80.4 cm³/mol. The number of nitro groups is 1. The monoisotopic (exact) mass is 303 g/mol. The minimum Gasteiger partial charge on any atom is -0.481 e. The van der Waals surface area contributed by atoms with E-state index in [0.717, 1.165) is 16.0 Å². The van der Waals surface area contributed by atoms with E-state index in [1.165, 1.54) is 17.4 Å². The zero-order valence-electron chi connectivity index (χ0n) is 11.3. The molecule has 1 aromatic carbocycles. The third-order valence-electron chi connectivity index (χ3n) is 2.72. The van der Waals surface area contributed by atoms with Crippen molar-refractivity contribution in [1.29, 1.82) is 0 Å². The maximum Gasteiger partial charge on any atom is 0.310 e. The van der Waals surface area contributed by atoms with E-state index in [2.05, 4.69) is 11.8 Å². The molecule has 0 radical (unpaired) electrons. The third-order valence-corrected chi connectivity index (χ3v) is 3.61. The average Bonchev–Trinajstić information content (AvgIpc) is 2.90. The standard InChI is InChI=1S/C15H13NO4S/c1-11-4-5-13(16(18)19)14(9-11)20-10-15-12(3-2-7-17)6-8-21-15/h4-6,8-9,17H,7,10H2,1H3. The van der Waals surface area contributed by atoms with Crippen molar-refractivity contribution in [1.82, 2.24) is 0 Å². The summed E-state index contributed by atoms with van der Waals surface area (Å²) in [7, 11) is 0. The first-order valence-corrected chi connectivity index (χ1v) is 7.03. The van der Waals surface area contributed by atoms with Gasteiger partial charge in [-0.15, -0.1) is 11.3 Å². The molecule has 0 aliphatic heterocycles. The number of ether oxygens (including phenoxy) is 1. The molecule has 0 aliphatic rings. The van der Waals surface area contributed by atoms with Crippen molar-refractivity contribution in [2.45, 2.75) is 13.5 Å². The molecular weight excluding hydrogens is 290 g/mol. The van der Waals surface area contributed by atoms with Gasteiger partial charge in [-0.3, -0.25) is 10.1 Å². The molecule has 0 amide bonds. The van der Waals surface area contributed by atoms with Crippen molar-refractivity contribution in [3.8, 4) is 17.6 Å². The van der Waals surface area contributed by atoms with Gasteiger partial charge in [0.15, 0.2) is 5.75 Å². The lowest BCUT2D eigenvalue weighted by Crippen LogP contribution is -1.99. The number of aryl methyl sites for hydroxylation is 1. The number of benzene rings is 1. The molecule has 0 bridgehead atoms. The number of nitro benzene ring substituents is 1. The molecule has 6 heteroatoms. The van der Waals surface area contributed by atoms with Crippen LogP contribution in [0.2, 0.25) is 0 Å². The highest BCUT2D eigenvalue weighted by atomic mass is 32.1. The summed E-state index contributed by atoms with van der Waals surface area (Å²) in [6, 6.07) is 6.58. The van der Waals surface area contributed by atoms with Crippen LogP contribution in [0.1, 0.15) is 16.0 Å². The molecule has 0 saturated carbocycles. The maximum atomic E-state index is 11.0. The van der Waals surface area contributed by atoms with Gasteiger partial charge in [-0.2, -0.15) is 0 Å². The van der Waals surface area contributed by atoms with E-state index in [-0.39, 0.29) is 24.7 Å². The molecule has 1 aromatic heterocycles. The van der Waals surface area contributed by atoms with E-state index >= 15 is 0 Å². The van der Waals surface area contributed by atoms with Gasteiger partial charge >= 0.3 is 5.69 Å². The van der Waals surface area contributed by atoms with Crippen molar-refractivity contribution in [2.24, 2.45) is 0 Å². The van der Waals surface area contributed by atoms with Crippen molar-refractivity contribution < 1.29 is 14.8 Å². The van der Waals surface area contributed by atoms with Crippen molar-refractivity contribution in [2.75, 3.05) is 6.61 Å². The molecule has 5 nitrogen and oxygen atoms in total. The Balaban J connectivity index is 2.19. The molecular formula is C15H13NO4S. The quantitative estimate of drug-likeness (QED) is 0.535. The molecule has 0 unspecified atom stereocenters. The summed E-state index contributed by atoms with van der Waals surface area (Å²) in [6.07, 6.45) is 0. The number of rotatable bonds is 4. The average molecular weight is 303 g/mol. The largest absolute Gasteiger partial charge is 0.481 e. The summed E-state index contributed by atoms with van der Waals surface area (Å²) in [4.78, 5) is 11.4. The Morgan fingerprint density at radius 2 is 2.24 bits per heavy atom. The molecule has 0 atom stereocenters. The number of thiophene rings is 1. The minimum atomic E-state index is -0.463. The highest BCUT2D eigenvalue weighted by Crippen LogP contribution is 2.29. The zero-order valence-corrected chi connectivity index (χ0v) is 12.1. The van der Waals surface area contributed by atoms with Crippen LogP contribution in [-0.2, 0) is 6.61 Å². The molecule has 2 aromatic rings. The fourth-order valence-electron chi connectivity index (χ4n) is 1.73. The van der Waals surface area contributed by atoms with Crippen LogP contribution in [-0.4, -0.2) is 16.6 Å². The molecule has 1 heterocycles. The van der Waals surface area contributed by atoms with Crippen LogP contribution in [0.15, 0.2) is 29.6 Å². The second kappa shape index (κ2) is 6.88. The summed E-state index contributed by atoms with van der Waals surface area (Å²) < 4.78 is 5.58. The fourth-order valence-corrected chi connectivity index (χ4v) is 2.47. The van der Waals surface area contributed by atoms with Gasteiger partial charge in [-0.1, -0.05) is 17.9 Å². The molecule has 0 saturated heterocycles. The molecule has 0 aliphatic carbocycles. The van der Waals surface area contributed by atoms with Crippen LogP contribution in [0.4, 0.5) is 5.69 Å². The lowest BCUT2D eigenvalue weighted by atomic mass is 10.2. The van der Waals surface area contributed by atoms with Gasteiger partial charge in [-0.25, -0.2) is 0 Å². The number of hydrogen-bond donors (Lipinski definition) is 1. The lowest BCUT2D eigenvalue weighted by molar-refractivity contribution is -0.386. The Kier molecular flexibility index (Phi) is 4.93. The van der Waals surface area contributed by atoms with Crippen LogP contribution in [0.3, 0.4) is 0 Å². The number of nitrogens with zero attached hydrogens (tertiary/aromatic N) is 1. The van der Waals surface area contributed by atoms with E-state index in [9.17, 15) is 10.1 Å². The Hall–Kier alpha value is -2.36. The molecule has 0 fully saturated rings. The van der Waals surface area contributed by atoms with Gasteiger partial charge in [-0.05, 0) is 30.0 Å². The van der Waals surface area contributed by atoms with Gasteiger partial charge in [0.1, 0.15) is 13.2 Å². The Morgan fingerprint density at radius 1 is 1.43 bits per heavy atom. The number of aliphatic hydroxyl groups excluding tert-OH is 1. The van der Waals surface area contributed by atoms with Gasteiger partial charge in [0.05, 0.1) is 9.80 Å². The van der Waals surface area contributed by atoms with Crippen molar-refractivity contribution in [3.05, 3.63) is 55.8 Å². The van der Waals surface area contributed by atoms with E-state index in [4.69, 9.17) is 9.84 Å². The Bertz CT molecular complexity index is 712. The molecule has 2 rings (SSSR count). The number of aliphatic hydroxyl groups is 1. The minimum absolute atomic E-state index is 0.0554. The third kappa shape index (κ3) is 3.81. The van der Waals surface area contributed by atoms with E-state index < -0.39 is 4.92 Å². The Labute approximate surface area is 126 Å². The van der Waals surface area contributed by atoms with E-state index in [0.29, 0.717) is 0 Å². The van der Waals surface area contributed by atoms with Crippen molar-refractivity contribution in [3.63, 3.8) is 0 Å². The highest BCUT2D eigenvalue weighted by Gasteiger charge is 2.15. The Morgan fingerprint density at radius 3 is 2.95 bits per heavy atom. The fraction of sp³-hybridized carbons (Fsp3) is 0.200. The summed E-state index contributed by atoms with van der Waals surface area (Å²) in [5, 5.41) is 21.6. The summed E-state index contributed by atoms with van der Waals surface area (Å²) in [6.45, 7) is 1.84. The van der Waals surface area contributed by atoms with Crippen LogP contribution in [0.5, 0.6) is 5.75 Å². The van der Waals surface area contributed by atoms with Gasteiger partial charge in [0.2, 0.25) is 0 Å². The summed E-state index contributed by atoms with van der Waals surface area (Å²) >= 11 is 1.46. The normalized spacial score (nSPS) is 9.81. The van der Waals surface area contributed by atoms with Crippen molar-refractivity contribution >= 4 is 17.0 Å². The second-order valence-corrected chi connectivity index (χ2v) is 5.23. The van der Waals surface area contributed by atoms with Gasteiger partial charge in [0.25, 0.3) is 0 Å². The topological polar surface area (TPSA) is 72.6 Å². The zero-order chi connectivity index (χ0) is 15.2. The van der Waals surface area contributed by atoms with Crippen LogP contribution >= 0.6 is 11.3 Å². The molecule has 108 valence electrons. The first kappa shape index (κ1) is 15.0. The van der Waals surface area contributed by atoms with Crippen LogP contribution < -0.4 is 4.74 Å². The SMILES string of the molecule is Cc1ccc([N+](=O)[O-])c(OCc2sccc2C#CCO)c1. The second-order valence-electron chi connectivity index (χ2n) is 4.23. The predicted octanol–water partition coefficient (Wildman–Crippen LogP) is 2.89. The maximum absolute atomic E-state index is 11.0. The number of hydrogen-bond acceptors (Lipinski definition) is 5. The van der Waals surface area contributed by atoms with E-state index in [1.807, 2.05) is 18.4 Å². The smallest absolute Gasteiger partial charge is 0.310 e. The highest BCUT2D eigenvalue weighted by molar-refractivity contribution is 7.10. The van der Waals surface area contributed by atoms with Crippen LogP contribution in [0, 0.1) is 28.9 Å². The molecule has 1 N–H and O–H groups in total. The van der Waals surface area contributed by atoms with Crippen LogP contribution in [0.25, 0.3) is 0 Å². The summed E-state index contributed by atoms with van der Waals surface area (Å²) in [5.41, 5.74) is 1.60. The first-order chi connectivity index (χ1) is 10.1. The molecule has 0 spiro atoms. The van der Waals surface area contributed by atoms with Gasteiger partial charge in [0, 0.05) is 11.6 Å². The first-order valence-electron chi connectivity index (χ1n) is 6.15. The lowest BCUT2D eigenvalue weighted by Gasteiger charge is -2.07. The molecule has 21 heavy (non-hydrogen) atoms. The summed E-state index contributed by atoms with van der Waals surface area (Å²) in [5.74, 6) is 5.65.